The molecular formula is C6H10O2S2. The SMILES string of the molecule is CC(=O)SC(=S)OC(C)C. The Hall–Kier alpha value is -0.0900. The van der Waals surface area contributed by atoms with Crippen LogP contribution in [0, 0.1) is 0 Å². The minimum atomic E-state index is -0.0364. The molecule has 0 aromatic heterocycles. The van der Waals surface area contributed by atoms with E-state index >= 15 is 0 Å². The van der Waals surface area contributed by atoms with Crippen LogP contribution in [0.1, 0.15) is 20.8 Å². The fourth-order valence-corrected chi connectivity index (χ4v) is 1.35. The number of thioether (sulfide) groups is 1. The van der Waals surface area contributed by atoms with E-state index < -0.39 is 0 Å². The number of thiocarbonyl (C=S) groups is 1. The highest BCUT2D eigenvalue weighted by Gasteiger charge is 2.03. The highest BCUT2D eigenvalue weighted by atomic mass is 32.2. The number of ether oxygens (including phenoxy) is 1. The lowest BCUT2D eigenvalue weighted by Gasteiger charge is -2.07. The molecule has 0 saturated heterocycles. The van der Waals surface area contributed by atoms with Crippen molar-refractivity contribution in [2.24, 2.45) is 0 Å². The van der Waals surface area contributed by atoms with E-state index in [1.165, 1.54) is 6.92 Å². The van der Waals surface area contributed by atoms with Crippen LogP contribution in [0.2, 0.25) is 0 Å². The summed E-state index contributed by atoms with van der Waals surface area (Å²) in [5.41, 5.74) is 0. The molecule has 0 aliphatic heterocycles. The molecule has 0 rings (SSSR count). The molecule has 0 bridgehead atoms. The average Bonchev–Trinajstić information content (AvgIpc) is 1.58. The van der Waals surface area contributed by atoms with Crippen LogP contribution in [0.3, 0.4) is 0 Å². The van der Waals surface area contributed by atoms with E-state index in [0.29, 0.717) is 4.38 Å². The largest absolute Gasteiger partial charge is 0.476 e. The van der Waals surface area contributed by atoms with Crippen LogP contribution in [0.4, 0.5) is 0 Å². The van der Waals surface area contributed by atoms with Gasteiger partial charge in [0.1, 0.15) is 0 Å². The third kappa shape index (κ3) is 6.04. The second-order valence-corrected chi connectivity index (χ2v) is 3.79. The molecule has 0 N–H and O–H groups in total. The van der Waals surface area contributed by atoms with Crippen molar-refractivity contribution in [1.29, 1.82) is 0 Å². The second kappa shape index (κ2) is 4.68. The topological polar surface area (TPSA) is 26.3 Å². The van der Waals surface area contributed by atoms with Gasteiger partial charge in [-0.3, -0.25) is 4.79 Å². The number of hydrogen-bond donors (Lipinski definition) is 0. The van der Waals surface area contributed by atoms with Gasteiger partial charge in [0.25, 0.3) is 0 Å². The monoisotopic (exact) mass is 178 g/mol. The predicted molar refractivity (Wildman–Crippen MR) is 47.1 cm³/mol. The van der Waals surface area contributed by atoms with Crippen molar-refractivity contribution in [3.05, 3.63) is 0 Å². The first kappa shape index (κ1) is 9.91. The molecule has 0 aliphatic carbocycles. The Morgan fingerprint density at radius 1 is 1.60 bits per heavy atom. The highest BCUT2D eigenvalue weighted by Crippen LogP contribution is 2.08. The van der Waals surface area contributed by atoms with Gasteiger partial charge in [-0.25, -0.2) is 0 Å². The Balaban J connectivity index is 3.54. The summed E-state index contributed by atoms with van der Waals surface area (Å²) in [6.45, 7) is 5.20. The lowest BCUT2D eigenvalue weighted by atomic mass is 10.5. The van der Waals surface area contributed by atoms with Crippen molar-refractivity contribution in [3.63, 3.8) is 0 Å². The van der Waals surface area contributed by atoms with Gasteiger partial charge in [-0.2, -0.15) is 0 Å². The molecule has 4 heteroatoms. The third-order valence-corrected chi connectivity index (χ3v) is 1.46. The molecule has 0 heterocycles. The normalized spacial score (nSPS) is 9.60. The smallest absolute Gasteiger partial charge is 0.227 e. The minimum Gasteiger partial charge on any atom is -0.476 e. The van der Waals surface area contributed by atoms with Crippen molar-refractivity contribution in [3.8, 4) is 0 Å². The molecule has 2 nitrogen and oxygen atoms in total. The van der Waals surface area contributed by atoms with E-state index in [4.69, 9.17) is 17.0 Å². The fraction of sp³-hybridized carbons (Fsp3) is 0.667. The third-order valence-electron chi connectivity index (χ3n) is 0.559. The van der Waals surface area contributed by atoms with Crippen LogP contribution in [0.25, 0.3) is 0 Å². The molecule has 0 spiro atoms. The number of carbonyl (C=O) groups is 1. The van der Waals surface area contributed by atoms with E-state index in [-0.39, 0.29) is 11.2 Å². The van der Waals surface area contributed by atoms with Gasteiger partial charge in [-0.15, -0.1) is 0 Å². The summed E-state index contributed by atoms with van der Waals surface area (Å²) in [6, 6.07) is 0. The Kier molecular flexibility index (Phi) is 4.64. The van der Waals surface area contributed by atoms with Crippen molar-refractivity contribution in [1.82, 2.24) is 0 Å². The summed E-state index contributed by atoms with van der Waals surface area (Å²) in [4.78, 5) is 10.4. The Morgan fingerprint density at radius 3 is 2.40 bits per heavy atom. The first-order valence-corrected chi connectivity index (χ1v) is 4.14. The van der Waals surface area contributed by atoms with Gasteiger partial charge in [-0.1, -0.05) is 0 Å². The zero-order valence-electron chi connectivity index (χ0n) is 6.21. The fourth-order valence-electron chi connectivity index (χ4n) is 0.334. The molecule has 0 radical (unpaired) electrons. The Bertz CT molecular complexity index is 143. The van der Waals surface area contributed by atoms with Gasteiger partial charge in [0.05, 0.1) is 6.10 Å². The van der Waals surface area contributed by atoms with E-state index in [1.54, 1.807) is 0 Å². The summed E-state index contributed by atoms with van der Waals surface area (Å²) in [6.07, 6.45) is 0.0550. The van der Waals surface area contributed by atoms with Gasteiger partial charge < -0.3 is 4.74 Å². The first-order chi connectivity index (χ1) is 4.52. The van der Waals surface area contributed by atoms with Crippen LogP contribution < -0.4 is 0 Å². The van der Waals surface area contributed by atoms with Crippen LogP contribution in [-0.2, 0) is 9.53 Å². The zero-order valence-corrected chi connectivity index (χ0v) is 7.84. The Labute approximate surface area is 70.3 Å². The molecule has 0 saturated carbocycles. The lowest BCUT2D eigenvalue weighted by Crippen LogP contribution is -2.07. The first-order valence-electron chi connectivity index (χ1n) is 2.91. The molecule has 0 fully saturated rings. The van der Waals surface area contributed by atoms with Gasteiger partial charge in [-0.05, 0) is 37.8 Å². The van der Waals surface area contributed by atoms with Gasteiger partial charge in [0, 0.05) is 6.92 Å². The number of hydrogen-bond acceptors (Lipinski definition) is 4. The van der Waals surface area contributed by atoms with Crippen molar-refractivity contribution in [2.45, 2.75) is 26.9 Å². The molecule has 0 aliphatic rings. The maximum Gasteiger partial charge on any atom is 0.227 e. The maximum absolute atomic E-state index is 10.4. The molecule has 0 aromatic rings. The molecule has 0 amide bonds. The molecule has 58 valence electrons. The van der Waals surface area contributed by atoms with E-state index in [2.05, 4.69) is 0 Å². The molecule has 0 aromatic carbocycles. The maximum atomic E-state index is 10.4. The van der Waals surface area contributed by atoms with Crippen molar-refractivity contribution >= 4 is 33.5 Å². The second-order valence-electron chi connectivity index (χ2n) is 2.01. The molecular weight excluding hydrogens is 168 g/mol. The lowest BCUT2D eigenvalue weighted by molar-refractivity contribution is -0.109. The number of rotatable bonds is 1. The Morgan fingerprint density at radius 2 is 2.10 bits per heavy atom. The van der Waals surface area contributed by atoms with Crippen LogP contribution >= 0.6 is 24.0 Å². The molecule has 0 atom stereocenters. The van der Waals surface area contributed by atoms with Gasteiger partial charge >= 0.3 is 0 Å². The highest BCUT2D eigenvalue weighted by molar-refractivity contribution is 8.32. The van der Waals surface area contributed by atoms with Gasteiger partial charge in [0.15, 0.2) is 5.12 Å². The van der Waals surface area contributed by atoms with Crippen molar-refractivity contribution in [2.75, 3.05) is 0 Å². The summed E-state index contributed by atoms with van der Waals surface area (Å²) in [5.74, 6) is 0. The summed E-state index contributed by atoms with van der Waals surface area (Å²) < 4.78 is 5.34. The van der Waals surface area contributed by atoms with Gasteiger partial charge in [0.2, 0.25) is 4.38 Å². The van der Waals surface area contributed by atoms with Crippen LogP contribution in [0.15, 0.2) is 0 Å². The predicted octanol–water partition coefficient (Wildman–Crippen LogP) is 1.98. The molecule has 0 unspecified atom stereocenters. The molecule has 10 heavy (non-hydrogen) atoms. The van der Waals surface area contributed by atoms with Crippen molar-refractivity contribution < 1.29 is 9.53 Å². The quantitative estimate of drug-likeness (QED) is 0.573. The standard InChI is InChI=1S/C6H10O2S2/c1-4(2)8-6(9)10-5(3)7/h4H,1-3H3. The van der Waals surface area contributed by atoms with E-state index in [1.807, 2.05) is 13.8 Å². The minimum absolute atomic E-state index is 0.0364. The van der Waals surface area contributed by atoms with E-state index in [0.717, 1.165) is 11.8 Å². The van der Waals surface area contributed by atoms with Crippen LogP contribution in [0.5, 0.6) is 0 Å². The van der Waals surface area contributed by atoms with Crippen LogP contribution in [-0.4, -0.2) is 15.6 Å². The summed E-state index contributed by atoms with van der Waals surface area (Å²) >= 11 is 5.68. The average molecular weight is 178 g/mol. The van der Waals surface area contributed by atoms with E-state index in [9.17, 15) is 4.79 Å². The summed E-state index contributed by atoms with van der Waals surface area (Å²) in [7, 11) is 0. The number of carbonyl (C=O) groups excluding carboxylic acids is 1. The zero-order chi connectivity index (χ0) is 8.15. The summed E-state index contributed by atoms with van der Waals surface area (Å²) in [5, 5.41) is -0.0364.